The van der Waals surface area contributed by atoms with E-state index in [4.69, 9.17) is 0 Å². The lowest BCUT2D eigenvalue weighted by Crippen LogP contribution is -2.29. The third-order valence-electron chi connectivity index (χ3n) is 2.87. The minimum Gasteiger partial charge on any atom is -0.266 e. The standard InChI is InChI=1S/C15H12N2OS2/c1-19-15-16-13(9-11-7-8-20-10-11)14(18)17(15)12-5-3-2-4-6-12/h2-10H,1H3/b13-9+. The van der Waals surface area contributed by atoms with Gasteiger partial charge >= 0.3 is 0 Å². The Morgan fingerprint density at radius 3 is 2.70 bits per heavy atom. The smallest absolute Gasteiger partial charge is 0.266 e. The predicted octanol–water partition coefficient (Wildman–Crippen LogP) is 3.85. The quantitative estimate of drug-likeness (QED) is 0.789. The fraction of sp³-hybridized carbons (Fsp3) is 0.0667. The summed E-state index contributed by atoms with van der Waals surface area (Å²) in [6, 6.07) is 11.6. The molecule has 0 atom stereocenters. The highest BCUT2D eigenvalue weighted by molar-refractivity contribution is 8.13. The molecule has 0 saturated carbocycles. The largest absolute Gasteiger partial charge is 0.283 e. The van der Waals surface area contributed by atoms with Crippen molar-refractivity contribution in [3.8, 4) is 0 Å². The molecule has 0 spiro atoms. The number of carbonyl (C=O) groups is 1. The molecular weight excluding hydrogens is 288 g/mol. The van der Waals surface area contributed by atoms with Gasteiger partial charge in [-0.25, -0.2) is 4.99 Å². The summed E-state index contributed by atoms with van der Waals surface area (Å²) in [5.74, 6) is -0.0771. The van der Waals surface area contributed by atoms with E-state index < -0.39 is 0 Å². The second-order valence-corrected chi connectivity index (χ2v) is 5.71. The lowest BCUT2D eigenvalue weighted by Gasteiger charge is -2.16. The lowest BCUT2D eigenvalue weighted by atomic mass is 10.2. The molecule has 2 aromatic rings. The van der Waals surface area contributed by atoms with Gasteiger partial charge in [0.05, 0.1) is 5.69 Å². The predicted molar refractivity (Wildman–Crippen MR) is 87.2 cm³/mol. The maximum absolute atomic E-state index is 12.5. The molecule has 0 radical (unpaired) electrons. The van der Waals surface area contributed by atoms with Crippen LogP contribution in [0, 0.1) is 0 Å². The van der Waals surface area contributed by atoms with Crippen molar-refractivity contribution >= 4 is 45.9 Å². The Kier molecular flexibility index (Phi) is 3.71. The lowest BCUT2D eigenvalue weighted by molar-refractivity contribution is -0.113. The zero-order chi connectivity index (χ0) is 13.9. The van der Waals surface area contributed by atoms with Crippen LogP contribution in [0.1, 0.15) is 5.56 Å². The molecule has 1 aliphatic heterocycles. The van der Waals surface area contributed by atoms with Crippen molar-refractivity contribution in [3.63, 3.8) is 0 Å². The molecular formula is C15H12N2OS2. The normalized spacial score (nSPS) is 16.9. The molecule has 0 bridgehead atoms. The van der Waals surface area contributed by atoms with Gasteiger partial charge in [0.1, 0.15) is 5.70 Å². The van der Waals surface area contributed by atoms with Crippen LogP contribution >= 0.6 is 23.1 Å². The van der Waals surface area contributed by atoms with E-state index in [0.717, 1.165) is 11.3 Å². The van der Waals surface area contributed by atoms with Gasteiger partial charge in [-0.2, -0.15) is 11.3 Å². The van der Waals surface area contributed by atoms with Crippen molar-refractivity contribution in [2.45, 2.75) is 0 Å². The molecule has 20 heavy (non-hydrogen) atoms. The Labute approximate surface area is 125 Å². The number of carbonyl (C=O) groups excluding carboxylic acids is 1. The van der Waals surface area contributed by atoms with E-state index in [9.17, 15) is 4.79 Å². The zero-order valence-corrected chi connectivity index (χ0v) is 12.4. The topological polar surface area (TPSA) is 32.7 Å². The third-order valence-corrected chi connectivity index (χ3v) is 4.21. The third kappa shape index (κ3) is 2.42. The average Bonchev–Trinajstić information content (AvgIpc) is 3.09. The first-order valence-electron chi connectivity index (χ1n) is 6.05. The second kappa shape index (κ2) is 5.64. The van der Waals surface area contributed by atoms with E-state index in [1.54, 1.807) is 16.2 Å². The van der Waals surface area contributed by atoms with Gasteiger partial charge in [-0.15, -0.1) is 0 Å². The molecule has 1 aromatic carbocycles. The molecule has 0 fully saturated rings. The van der Waals surface area contributed by atoms with E-state index in [0.29, 0.717) is 10.9 Å². The summed E-state index contributed by atoms with van der Waals surface area (Å²) in [5.41, 5.74) is 2.34. The van der Waals surface area contributed by atoms with Gasteiger partial charge in [-0.3, -0.25) is 9.69 Å². The van der Waals surface area contributed by atoms with Crippen molar-refractivity contribution < 1.29 is 4.79 Å². The number of anilines is 1. The first-order valence-corrected chi connectivity index (χ1v) is 8.22. The maximum atomic E-state index is 12.5. The summed E-state index contributed by atoms with van der Waals surface area (Å²) < 4.78 is 0. The van der Waals surface area contributed by atoms with Gasteiger partial charge in [0.15, 0.2) is 5.17 Å². The van der Waals surface area contributed by atoms with Crippen molar-refractivity contribution in [2.75, 3.05) is 11.2 Å². The van der Waals surface area contributed by atoms with Gasteiger partial charge in [-0.05, 0) is 46.9 Å². The van der Waals surface area contributed by atoms with E-state index >= 15 is 0 Å². The van der Waals surface area contributed by atoms with Crippen molar-refractivity contribution in [2.24, 2.45) is 4.99 Å². The van der Waals surface area contributed by atoms with Crippen LogP contribution in [0.2, 0.25) is 0 Å². The van der Waals surface area contributed by atoms with Crippen LogP contribution in [0.15, 0.2) is 57.8 Å². The van der Waals surface area contributed by atoms with Crippen molar-refractivity contribution in [3.05, 3.63) is 58.4 Å². The molecule has 2 heterocycles. The second-order valence-electron chi connectivity index (χ2n) is 4.16. The molecule has 3 nitrogen and oxygen atoms in total. The van der Waals surface area contributed by atoms with Crippen molar-refractivity contribution in [1.82, 2.24) is 0 Å². The fourth-order valence-electron chi connectivity index (χ4n) is 1.95. The summed E-state index contributed by atoms with van der Waals surface area (Å²) >= 11 is 3.08. The maximum Gasteiger partial charge on any atom is 0.283 e. The first-order chi connectivity index (χ1) is 9.79. The van der Waals surface area contributed by atoms with Gasteiger partial charge in [-0.1, -0.05) is 30.0 Å². The number of nitrogens with zero attached hydrogens (tertiary/aromatic N) is 2. The van der Waals surface area contributed by atoms with Crippen LogP contribution < -0.4 is 4.90 Å². The van der Waals surface area contributed by atoms with Gasteiger partial charge < -0.3 is 0 Å². The highest BCUT2D eigenvalue weighted by Crippen LogP contribution is 2.28. The van der Waals surface area contributed by atoms with Gasteiger partial charge in [0.2, 0.25) is 0 Å². The van der Waals surface area contributed by atoms with Crippen LogP contribution in [0.4, 0.5) is 5.69 Å². The molecule has 5 heteroatoms. The summed E-state index contributed by atoms with van der Waals surface area (Å²) in [4.78, 5) is 18.6. The van der Waals surface area contributed by atoms with Crippen LogP contribution in [-0.4, -0.2) is 17.3 Å². The number of amides is 1. The number of benzene rings is 1. The number of rotatable bonds is 2. The minimum absolute atomic E-state index is 0.0771. The monoisotopic (exact) mass is 300 g/mol. The highest BCUT2D eigenvalue weighted by Gasteiger charge is 2.30. The van der Waals surface area contributed by atoms with E-state index in [2.05, 4.69) is 4.99 Å². The number of hydrogen-bond acceptors (Lipinski definition) is 4. The Morgan fingerprint density at radius 1 is 1.25 bits per heavy atom. The molecule has 0 unspecified atom stereocenters. The summed E-state index contributed by atoms with van der Waals surface area (Å²) in [5, 5.41) is 4.70. The number of hydrogen-bond donors (Lipinski definition) is 0. The molecule has 0 saturated heterocycles. The average molecular weight is 300 g/mol. The van der Waals surface area contributed by atoms with Crippen LogP contribution in [0.3, 0.4) is 0 Å². The van der Waals surface area contributed by atoms with Crippen molar-refractivity contribution in [1.29, 1.82) is 0 Å². The molecule has 1 aromatic heterocycles. The number of thiophene rings is 1. The molecule has 1 amide bonds. The Hall–Kier alpha value is -1.85. The van der Waals surface area contributed by atoms with Crippen LogP contribution in [0.25, 0.3) is 6.08 Å². The molecule has 100 valence electrons. The number of amidine groups is 1. The highest BCUT2D eigenvalue weighted by atomic mass is 32.2. The Bertz CT molecular complexity index is 675. The van der Waals surface area contributed by atoms with Gasteiger partial charge in [0.25, 0.3) is 5.91 Å². The zero-order valence-electron chi connectivity index (χ0n) is 10.8. The summed E-state index contributed by atoms with van der Waals surface area (Å²) in [6.07, 6.45) is 3.76. The van der Waals surface area contributed by atoms with E-state index in [1.165, 1.54) is 11.8 Å². The van der Waals surface area contributed by atoms with Crippen LogP contribution in [-0.2, 0) is 4.79 Å². The Balaban J connectivity index is 1.99. The minimum atomic E-state index is -0.0771. The Morgan fingerprint density at radius 2 is 2.05 bits per heavy atom. The number of aliphatic imine (C=N–C) groups is 1. The van der Waals surface area contributed by atoms with E-state index in [-0.39, 0.29) is 5.91 Å². The molecule has 0 N–H and O–H groups in total. The first kappa shape index (κ1) is 13.1. The molecule has 0 aliphatic carbocycles. The number of para-hydroxylation sites is 1. The van der Waals surface area contributed by atoms with Gasteiger partial charge in [0, 0.05) is 0 Å². The number of thioether (sulfide) groups is 1. The molecule has 1 aliphatic rings. The summed E-state index contributed by atoms with van der Waals surface area (Å²) in [6.45, 7) is 0. The summed E-state index contributed by atoms with van der Waals surface area (Å²) in [7, 11) is 0. The fourth-order valence-corrected chi connectivity index (χ4v) is 3.13. The van der Waals surface area contributed by atoms with E-state index in [1.807, 2.05) is 59.5 Å². The van der Waals surface area contributed by atoms with Crippen LogP contribution in [0.5, 0.6) is 0 Å². The SMILES string of the molecule is CSC1=N/C(=C/c2ccsc2)C(=O)N1c1ccccc1. The molecule has 3 rings (SSSR count).